The van der Waals surface area contributed by atoms with Gasteiger partial charge < -0.3 is 4.74 Å². The van der Waals surface area contributed by atoms with E-state index >= 15 is 0 Å². The normalized spacial score (nSPS) is 17.3. The molecule has 1 aliphatic rings. The van der Waals surface area contributed by atoms with Crippen LogP contribution in [0.4, 0.5) is 17.6 Å². The van der Waals surface area contributed by atoms with E-state index in [0.717, 1.165) is 0 Å². The molecule has 88 valence electrons. The van der Waals surface area contributed by atoms with E-state index in [-0.39, 0.29) is 12.2 Å². The third-order valence-corrected chi connectivity index (χ3v) is 2.39. The molecule has 0 spiro atoms. The van der Waals surface area contributed by atoms with Crippen molar-refractivity contribution in [1.29, 1.82) is 0 Å². The quantitative estimate of drug-likeness (QED) is 0.441. The standard InChI is InChI=1S/C10H9F4NO/c1-15-3-5(4-15)16-10-7(12)2-6(11)8(13)9(10)14/h2,5H,3-4H2,1H3. The number of hydrogen-bond acceptors (Lipinski definition) is 2. The molecule has 1 aromatic carbocycles. The van der Waals surface area contributed by atoms with Gasteiger partial charge in [-0.2, -0.15) is 4.39 Å². The summed E-state index contributed by atoms with van der Waals surface area (Å²) in [5, 5.41) is 0. The molecule has 0 bridgehead atoms. The summed E-state index contributed by atoms with van der Waals surface area (Å²) in [5.41, 5.74) is 0. The Morgan fingerprint density at radius 1 is 1.12 bits per heavy atom. The maximum absolute atomic E-state index is 13.1. The lowest BCUT2D eigenvalue weighted by Crippen LogP contribution is -2.51. The smallest absolute Gasteiger partial charge is 0.206 e. The third kappa shape index (κ3) is 1.84. The minimum Gasteiger partial charge on any atom is -0.482 e. The molecule has 2 nitrogen and oxygen atoms in total. The monoisotopic (exact) mass is 235 g/mol. The number of ether oxygens (including phenoxy) is 1. The fraction of sp³-hybridized carbons (Fsp3) is 0.400. The summed E-state index contributed by atoms with van der Waals surface area (Å²) in [6.07, 6.45) is -0.390. The largest absolute Gasteiger partial charge is 0.482 e. The van der Waals surface area contributed by atoms with Crippen LogP contribution in [0.15, 0.2) is 6.07 Å². The second-order valence-electron chi connectivity index (χ2n) is 3.76. The molecule has 1 heterocycles. The van der Waals surface area contributed by atoms with Gasteiger partial charge in [-0.1, -0.05) is 0 Å². The second-order valence-corrected chi connectivity index (χ2v) is 3.76. The first kappa shape index (κ1) is 11.2. The first-order valence-corrected chi connectivity index (χ1v) is 4.67. The van der Waals surface area contributed by atoms with E-state index in [9.17, 15) is 17.6 Å². The van der Waals surface area contributed by atoms with E-state index in [4.69, 9.17) is 4.74 Å². The third-order valence-electron chi connectivity index (χ3n) is 2.39. The number of likely N-dealkylation sites (N-methyl/N-ethyl adjacent to an activating group) is 1. The van der Waals surface area contributed by atoms with Crippen molar-refractivity contribution in [3.63, 3.8) is 0 Å². The van der Waals surface area contributed by atoms with Crippen molar-refractivity contribution in [3.8, 4) is 5.75 Å². The molecular weight excluding hydrogens is 226 g/mol. The molecule has 0 atom stereocenters. The van der Waals surface area contributed by atoms with Crippen LogP contribution < -0.4 is 4.74 Å². The van der Waals surface area contributed by atoms with Gasteiger partial charge in [-0.15, -0.1) is 0 Å². The van der Waals surface area contributed by atoms with Gasteiger partial charge in [0.1, 0.15) is 6.10 Å². The topological polar surface area (TPSA) is 12.5 Å². The molecule has 1 saturated heterocycles. The van der Waals surface area contributed by atoms with E-state index in [0.29, 0.717) is 13.1 Å². The predicted molar refractivity (Wildman–Crippen MR) is 48.2 cm³/mol. The first-order valence-electron chi connectivity index (χ1n) is 4.67. The predicted octanol–water partition coefficient (Wildman–Crippen LogP) is 1.94. The molecule has 0 N–H and O–H groups in total. The van der Waals surface area contributed by atoms with E-state index < -0.39 is 29.0 Å². The van der Waals surface area contributed by atoms with Crippen molar-refractivity contribution < 1.29 is 22.3 Å². The molecule has 1 aliphatic heterocycles. The van der Waals surface area contributed by atoms with Crippen molar-refractivity contribution >= 4 is 0 Å². The van der Waals surface area contributed by atoms with Crippen LogP contribution in [0.1, 0.15) is 0 Å². The lowest BCUT2D eigenvalue weighted by atomic mass is 10.2. The summed E-state index contributed by atoms with van der Waals surface area (Å²) in [6, 6.07) is 0.274. The van der Waals surface area contributed by atoms with Crippen molar-refractivity contribution in [2.24, 2.45) is 0 Å². The van der Waals surface area contributed by atoms with E-state index in [1.54, 1.807) is 7.05 Å². The number of nitrogens with zero attached hydrogens (tertiary/aromatic N) is 1. The molecule has 0 aromatic heterocycles. The highest BCUT2D eigenvalue weighted by molar-refractivity contribution is 5.28. The Labute approximate surface area is 89.4 Å². The Kier molecular flexibility index (Phi) is 2.75. The van der Waals surface area contributed by atoms with Crippen molar-refractivity contribution in [2.75, 3.05) is 20.1 Å². The molecule has 2 rings (SSSR count). The molecule has 0 amide bonds. The summed E-state index contributed by atoms with van der Waals surface area (Å²) < 4.78 is 56.6. The van der Waals surface area contributed by atoms with Crippen molar-refractivity contribution in [3.05, 3.63) is 29.3 Å². The molecule has 6 heteroatoms. The lowest BCUT2D eigenvalue weighted by molar-refractivity contribution is 0.0323. The SMILES string of the molecule is CN1CC(Oc2c(F)cc(F)c(F)c2F)C1. The molecule has 0 saturated carbocycles. The van der Waals surface area contributed by atoms with Gasteiger partial charge in [0.05, 0.1) is 0 Å². The Hall–Kier alpha value is -1.30. The molecule has 16 heavy (non-hydrogen) atoms. The Morgan fingerprint density at radius 3 is 2.31 bits per heavy atom. The lowest BCUT2D eigenvalue weighted by Gasteiger charge is -2.36. The molecular formula is C10H9F4NO. The van der Waals surface area contributed by atoms with Gasteiger partial charge >= 0.3 is 0 Å². The minimum absolute atomic E-state index is 0.274. The number of likely N-dealkylation sites (tertiary alicyclic amines) is 1. The van der Waals surface area contributed by atoms with Gasteiger partial charge in [0.25, 0.3) is 0 Å². The Balaban J connectivity index is 2.23. The van der Waals surface area contributed by atoms with Crippen LogP contribution in [-0.4, -0.2) is 31.1 Å². The summed E-state index contributed by atoms with van der Waals surface area (Å²) in [7, 11) is 1.80. The number of hydrogen-bond donors (Lipinski definition) is 0. The molecule has 1 fully saturated rings. The maximum Gasteiger partial charge on any atom is 0.206 e. The van der Waals surface area contributed by atoms with Crippen LogP contribution in [0.5, 0.6) is 5.75 Å². The van der Waals surface area contributed by atoms with Gasteiger partial charge in [-0.05, 0) is 7.05 Å². The van der Waals surface area contributed by atoms with Crippen LogP contribution in [0, 0.1) is 23.3 Å². The first-order chi connectivity index (χ1) is 7.49. The average molecular weight is 235 g/mol. The Morgan fingerprint density at radius 2 is 1.75 bits per heavy atom. The van der Waals surface area contributed by atoms with Crippen LogP contribution in [0.2, 0.25) is 0 Å². The zero-order valence-corrected chi connectivity index (χ0v) is 8.44. The number of benzene rings is 1. The van der Waals surface area contributed by atoms with Crippen molar-refractivity contribution in [1.82, 2.24) is 4.90 Å². The minimum atomic E-state index is -1.72. The fourth-order valence-corrected chi connectivity index (χ4v) is 1.54. The van der Waals surface area contributed by atoms with Gasteiger partial charge in [-0.3, -0.25) is 4.90 Å². The van der Waals surface area contributed by atoms with Crippen molar-refractivity contribution in [2.45, 2.75) is 6.10 Å². The fourth-order valence-electron chi connectivity index (χ4n) is 1.54. The molecule has 0 radical (unpaired) electrons. The summed E-state index contributed by atoms with van der Waals surface area (Å²) >= 11 is 0. The van der Waals surface area contributed by atoms with Crippen LogP contribution in [0.3, 0.4) is 0 Å². The summed E-state index contributed by atoms with van der Waals surface area (Å²) in [4.78, 5) is 1.86. The van der Waals surface area contributed by atoms with Gasteiger partial charge in [0.2, 0.25) is 5.82 Å². The van der Waals surface area contributed by atoms with E-state index in [1.807, 2.05) is 4.90 Å². The zero-order valence-electron chi connectivity index (χ0n) is 8.44. The van der Waals surface area contributed by atoms with Gasteiger partial charge in [0.15, 0.2) is 23.2 Å². The van der Waals surface area contributed by atoms with Crippen LogP contribution in [-0.2, 0) is 0 Å². The highest BCUT2D eigenvalue weighted by atomic mass is 19.2. The zero-order chi connectivity index (χ0) is 11.9. The van der Waals surface area contributed by atoms with Gasteiger partial charge in [-0.25, -0.2) is 13.2 Å². The second kappa shape index (κ2) is 3.93. The van der Waals surface area contributed by atoms with E-state index in [2.05, 4.69) is 0 Å². The van der Waals surface area contributed by atoms with Crippen LogP contribution >= 0.6 is 0 Å². The maximum atomic E-state index is 13.1. The summed E-state index contributed by atoms with van der Waals surface area (Å²) in [5.74, 6) is -6.98. The highest BCUT2D eigenvalue weighted by Crippen LogP contribution is 2.28. The average Bonchev–Trinajstić information content (AvgIpc) is 2.18. The summed E-state index contributed by atoms with van der Waals surface area (Å²) in [6.45, 7) is 0.996. The highest BCUT2D eigenvalue weighted by Gasteiger charge is 2.29. The van der Waals surface area contributed by atoms with E-state index in [1.165, 1.54) is 0 Å². The molecule has 0 unspecified atom stereocenters. The molecule has 1 aromatic rings. The number of halogens is 4. The number of rotatable bonds is 2. The van der Waals surface area contributed by atoms with Gasteiger partial charge in [0, 0.05) is 19.2 Å². The Bertz CT molecular complexity index is 418. The van der Waals surface area contributed by atoms with Crippen LogP contribution in [0.25, 0.3) is 0 Å². The molecule has 0 aliphatic carbocycles.